The average Bonchev–Trinajstić information content (AvgIpc) is 3.23. The summed E-state index contributed by atoms with van der Waals surface area (Å²) in [6.45, 7) is 6.86. The van der Waals surface area contributed by atoms with E-state index in [4.69, 9.17) is 9.47 Å². The molecule has 1 amide bonds. The van der Waals surface area contributed by atoms with Crippen molar-refractivity contribution in [2.75, 3.05) is 13.1 Å². The minimum atomic E-state index is -0.494. The number of hydrogen-bond donors (Lipinski definition) is 0. The van der Waals surface area contributed by atoms with E-state index in [1.807, 2.05) is 39.0 Å². The molecule has 2 heterocycles. The van der Waals surface area contributed by atoms with Crippen LogP contribution in [0.2, 0.25) is 0 Å². The first kappa shape index (κ1) is 21.6. The largest absolute Gasteiger partial charge is 0.444 e. The fraction of sp³-hybridized carbons (Fsp3) is 0.458. The summed E-state index contributed by atoms with van der Waals surface area (Å²) < 4.78 is 11.1. The molecule has 1 aromatic carbocycles. The van der Waals surface area contributed by atoms with Crippen molar-refractivity contribution >= 4 is 29.5 Å². The highest BCUT2D eigenvalue weighted by molar-refractivity contribution is 7.09. The molecule has 164 valence electrons. The van der Waals surface area contributed by atoms with Gasteiger partial charge < -0.3 is 14.4 Å². The average molecular weight is 441 g/mol. The third kappa shape index (κ3) is 5.15. The van der Waals surface area contributed by atoms with Gasteiger partial charge in [0.2, 0.25) is 0 Å². The number of fused-ring (bicyclic) bond motifs is 1. The summed E-state index contributed by atoms with van der Waals surface area (Å²) in [7, 11) is 0. The second kappa shape index (κ2) is 8.83. The summed E-state index contributed by atoms with van der Waals surface area (Å²) >= 11 is 1.48. The van der Waals surface area contributed by atoms with Gasteiger partial charge in [0.05, 0.1) is 5.01 Å². The summed E-state index contributed by atoms with van der Waals surface area (Å²) in [4.78, 5) is 31.3. The summed E-state index contributed by atoms with van der Waals surface area (Å²) in [6.07, 6.45) is 7.43. The van der Waals surface area contributed by atoms with Gasteiger partial charge in [-0.3, -0.25) is 0 Å². The van der Waals surface area contributed by atoms with Gasteiger partial charge >= 0.3 is 12.1 Å². The Labute approximate surface area is 186 Å². The molecule has 0 spiro atoms. The Morgan fingerprint density at radius 1 is 1.19 bits per heavy atom. The van der Waals surface area contributed by atoms with Gasteiger partial charge in [-0.05, 0) is 58.1 Å². The van der Waals surface area contributed by atoms with Crippen molar-refractivity contribution in [1.82, 2.24) is 9.88 Å². The van der Waals surface area contributed by atoms with Crippen molar-refractivity contribution in [3.8, 4) is 5.75 Å². The standard InChI is InChI=1S/C24H28N2O4S/c1-24(2,3)30-23(28)26-13-11-17(12-14-26)21-25-19(15-31-21)22(27)29-20-10-6-8-16-7-4-5-9-18(16)20/h5-6,8-10,15,17H,4,7,11-14H2,1-3H3. The number of esters is 1. The van der Waals surface area contributed by atoms with E-state index in [2.05, 4.69) is 17.1 Å². The Balaban J connectivity index is 1.37. The first-order valence-electron chi connectivity index (χ1n) is 10.7. The number of thiazole rings is 1. The molecule has 0 radical (unpaired) electrons. The van der Waals surface area contributed by atoms with Crippen LogP contribution in [0.4, 0.5) is 4.79 Å². The fourth-order valence-corrected chi connectivity index (χ4v) is 4.84. The van der Waals surface area contributed by atoms with E-state index in [9.17, 15) is 9.59 Å². The molecule has 7 heteroatoms. The maximum atomic E-state index is 12.7. The quantitative estimate of drug-likeness (QED) is 0.470. The summed E-state index contributed by atoms with van der Waals surface area (Å²) in [5.74, 6) is 0.386. The van der Waals surface area contributed by atoms with Gasteiger partial charge in [0.25, 0.3) is 0 Å². The van der Waals surface area contributed by atoms with Crippen LogP contribution in [0.15, 0.2) is 29.7 Å². The Hall–Kier alpha value is -2.67. The lowest BCUT2D eigenvalue weighted by molar-refractivity contribution is 0.0204. The molecule has 4 rings (SSSR count). The normalized spacial score (nSPS) is 16.7. The van der Waals surface area contributed by atoms with E-state index >= 15 is 0 Å². The summed E-state index contributed by atoms with van der Waals surface area (Å²) in [5, 5.41) is 2.69. The van der Waals surface area contributed by atoms with E-state index in [0.29, 0.717) is 24.5 Å². The molecule has 1 saturated heterocycles. The van der Waals surface area contributed by atoms with Crippen molar-refractivity contribution in [3.63, 3.8) is 0 Å². The number of ether oxygens (including phenoxy) is 2. The number of carbonyl (C=O) groups excluding carboxylic acids is 2. The molecular weight excluding hydrogens is 412 g/mol. The molecular formula is C24H28N2O4S. The molecule has 0 bridgehead atoms. The van der Waals surface area contributed by atoms with Gasteiger partial charge in [0, 0.05) is 30.0 Å². The Bertz CT molecular complexity index is 997. The number of carbonyl (C=O) groups is 2. The second-order valence-electron chi connectivity index (χ2n) is 8.97. The molecule has 2 aromatic rings. The van der Waals surface area contributed by atoms with Gasteiger partial charge in [-0.25, -0.2) is 14.6 Å². The van der Waals surface area contributed by atoms with Crippen LogP contribution in [0.3, 0.4) is 0 Å². The number of aromatic nitrogens is 1. The van der Waals surface area contributed by atoms with E-state index in [1.165, 1.54) is 16.9 Å². The van der Waals surface area contributed by atoms with Crippen LogP contribution in [0.1, 0.15) is 72.6 Å². The maximum absolute atomic E-state index is 12.7. The molecule has 0 unspecified atom stereocenters. The molecule has 0 atom stereocenters. The van der Waals surface area contributed by atoms with Crippen LogP contribution in [-0.2, 0) is 11.2 Å². The number of piperidine rings is 1. The van der Waals surface area contributed by atoms with Gasteiger partial charge in [-0.2, -0.15) is 0 Å². The lowest BCUT2D eigenvalue weighted by Gasteiger charge is -2.32. The number of aryl methyl sites for hydroxylation is 1. The summed E-state index contributed by atoms with van der Waals surface area (Å²) in [5.41, 5.74) is 2.02. The highest BCUT2D eigenvalue weighted by Crippen LogP contribution is 2.32. The van der Waals surface area contributed by atoms with Gasteiger partial charge in [-0.1, -0.05) is 24.3 Å². The van der Waals surface area contributed by atoms with Crippen LogP contribution in [0.25, 0.3) is 6.08 Å². The minimum Gasteiger partial charge on any atom is -0.444 e. The predicted molar refractivity (Wildman–Crippen MR) is 121 cm³/mol. The van der Waals surface area contributed by atoms with Crippen molar-refractivity contribution in [3.05, 3.63) is 51.5 Å². The van der Waals surface area contributed by atoms with E-state index in [1.54, 1.807) is 10.3 Å². The molecule has 1 fully saturated rings. The summed E-state index contributed by atoms with van der Waals surface area (Å²) in [6, 6.07) is 5.82. The van der Waals surface area contributed by atoms with Crippen molar-refractivity contribution in [1.29, 1.82) is 0 Å². The third-order valence-corrected chi connectivity index (χ3v) is 6.46. The highest BCUT2D eigenvalue weighted by Gasteiger charge is 2.29. The van der Waals surface area contributed by atoms with Crippen LogP contribution in [0, 0.1) is 0 Å². The molecule has 31 heavy (non-hydrogen) atoms. The number of rotatable bonds is 3. The number of hydrogen-bond acceptors (Lipinski definition) is 6. The molecule has 1 aromatic heterocycles. The topological polar surface area (TPSA) is 68.7 Å². The van der Waals surface area contributed by atoms with E-state index in [-0.39, 0.29) is 12.0 Å². The zero-order valence-electron chi connectivity index (χ0n) is 18.2. The number of benzene rings is 1. The van der Waals surface area contributed by atoms with Crippen LogP contribution < -0.4 is 4.74 Å². The van der Waals surface area contributed by atoms with Gasteiger partial charge in [0.15, 0.2) is 5.69 Å². The molecule has 0 saturated carbocycles. The lowest BCUT2D eigenvalue weighted by Crippen LogP contribution is -2.41. The zero-order valence-corrected chi connectivity index (χ0v) is 19.0. The monoisotopic (exact) mass is 440 g/mol. The van der Waals surface area contributed by atoms with Crippen LogP contribution >= 0.6 is 11.3 Å². The predicted octanol–water partition coefficient (Wildman–Crippen LogP) is 5.44. The van der Waals surface area contributed by atoms with E-state index < -0.39 is 11.6 Å². The molecule has 6 nitrogen and oxygen atoms in total. The van der Waals surface area contributed by atoms with Gasteiger partial charge in [-0.15, -0.1) is 11.3 Å². The first-order valence-corrected chi connectivity index (χ1v) is 11.6. The number of likely N-dealkylation sites (tertiary alicyclic amines) is 1. The highest BCUT2D eigenvalue weighted by atomic mass is 32.1. The number of allylic oxidation sites excluding steroid dienone is 1. The fourth-order valence-electron chi connectivity index (χ4n) is 3.88. The van der Waals surface area contributed by atoms with Crippen molar-refractivity contribution in [2.45, 2.75) is 58.0 Å². The Morgan fingerprint density at radius 3 is 2.71 bits per heavy atom. The van der Waals surface area contributed by atoms with Gasteiger partial charge in [0.1, 0.15) is 11.4 Å². The number of amides is 1. The maximum Gasteiger partial charge on any atom is 0.410 e. The Kier molecular flexibility index (Phi) is 6.14. The third-order valence-electron chi connectivity index (χ3n) is 5.45. The number of nitrogens with zero attached hydrogens (tertiary/aromatic N) is 2. The SMILES string of the molecule is CC(C)(C)OC(=O)N1CCC(c2nc(C(=O)Oc3cccc4c3C=CCC4)cs2)CC1. The van der Waals surface area contributed by atoms with Crippen LogP contribution in [0.5, 0.6) is 5.75 Å². The molecule has 1 aliphatic carbocycles. The van der Waals surface area contributed by atoms with Crippen molar-refractivity contribution < 1.29 is 19.1 Å². The second-order valence-corrected chi connectivity index (χ2v) is 9.86. The zero-order chi connectivity index (χ0) is 22.0. The molecule has 1 aliphatic heterocycles. The molecule has 0 N–H and O–H groups in total. The first-order chi connectivity index (χ1) is 14.8. The van der Waals surface area contributed by atoms with E-state index in [0.717, 1.165) is 36.3 Å². The minimum absolute atomic E-state index is 0.234. The lowest BCUT2D eigenvalue weighted by atomic mass is 9.97. The smallest absolute Gasteiger partial charge is 0.410 e. The van der Waals surface area contributed by atoms with Crippen molar-refractivity contribution in [2.24, 2.45) is 0 Å². The van der Waals surface area contributed by atoms with Crippen LogP contribution in [-0.4, -0.2) is 40.6 Å². The Morgan fingerprint density at radius 2 is 1.97 bits per heavy atom. The molecule has 2 aliphatic rings.